The molecule has 0 radical (unpaired) electrons. The molecule has 31 heavy (non-hydrogen) atoms. The number of nitrogens with zero attached hydrogens (tertiary/aromatic N) is 2. The van der Waals surface area contributed by atoms with Crippen molar-refractivity contribution in [2.75, 3.05) is 5.32 Å². The Labute approximate surface area is 178 Å². The van der Waals surface area contributed by atoms with Gasteiger partial charge in [0.1, 0.15) is 17.2 Å². The van der Waals surface area contributed by atoms with Crippen molar-refractivity contribution in [3.63, 3.8) is 0 Å². The highest BCUT2D eigenvalue weighted by Gasteiger charge is 2.32. The summed E-state index contributed by atoms with van der Waals surface area (Å²) in [4.78, 5) is 0. The molecule has 1 aromatic carbocycles. The number of aromatic nitrogens is 2. The van der Waals surface area contributed by atoms with Gasteiger partial charge in [0, 0.05) is 17.2 Å². The van der Waals surface area contributed by atoms with Crippen LogP contribution in [-0.2, 0) is 12.8 Å². The molecule has 1 heterocycles. The van der Waals surface area contributed by atoms with Gasteiger partial charge in [0.25, 0.3) is 0 Å². The summed E-state index contributed by atoms with van der Waals surface area (Å²) in [5, 5.41) is 32.8. The molecule has 0 unspecified atom stereocenters. The van der Waals surface area contributed by atoms with Gasteiger partial charge in [0.05, 0.1) is 12.1 Å². The first-order valence-corrected chi connectivity index (χ1v) is 10.7. The summed E-state index contributed by atoms with van der Waals surface area (Å²) in [5.41, 5.74) is 2.75. The van der Waals surface area contributed by atoms with Gasteiger partial charge < -0.3 is 20.3 Å². The monoisotopic (exact) mass is 437 g/mol. The standard InChI is InChI=1S/C22H26F3N3O3/c23-22(24,25)31-13-10-11-16(19(30)12-13)20-14-6-2-1-3-7-15(14)21(28-27-20)26-17-8-4-5-9-18(17)29/h10-12,17-18,29-30H,1-9H2,(H,26,28)/t17-,18-/m1/s1. The third-order valence-corrected chi connectivity index (χ3v) is 6.05. The second-order valence-corrected chi connectivity index (χ2v) is 8.24. The zero-order valence-electron chi connectivity index (χ0n) is 17.1. The van der Waals surface area contributed by atoms with Crippen LogP contribution in [0.2, 0.25) is 0 Å². The van der Waals surface area contributed by atoms with Gasteiger partial charge in [-0.05, 0) is 56.2 Å². The minimum atomic E-state index is -4.83. The first-order chi connectivity index (χ1) is 14.8. The number of hydrogen-bond donors (Lipinski definition) is 3. The Morgan fingerprint density at radius 3 is 2.42 bits per heavy atom. The average molecular weight is 437 g/mol. The maximum Gasteiger partial charge on any atom is 0.573 e. The summed E-state index contributed by atoms with van der Waals surface area (Å²) in [6.45, 7) is 0. The first kappa shape index (κ1) is 21.7. The molecule has 168 valence electrons. The molecule has 0 spiro atoms. The largest absolute Gasteiger partial charge is 0.573 e. The molecule has 1 saturated carbocycles. The van der Waals surface area contributed by atoms with E-state index in [0.29, 0.717) is 17.1 Å². The summed E-state index contributed by atoms with van der Waals surface area (Å²) in [5.74, 6) is -0.175. The number of alkyl halides is 3. The van der Waals surface area contributed by atoms with E-state index in [1.165, 1.54) is 6.07 Å². The number of aliphatic hydroxyl groups is 1. The van der Waals surface area contributed by atoms with Crippen LogP contribution in [0.3, 0.4) is 0 Å². The Kier molecular flexibility index (Phi) is 6.22. The van der Waals surface area contributed by atoms with Gasteiger partial charge in [-0.1, -0.05) is 19.3 Å². The molecule has 4 rings (SSSR count). The van der Waals surface area contributed by atoms with Gasteiger partial charge in [0.15, 0.2) is 5.82 Å². The maximum absolute atomic E-state index is 12.5. The molecule has 1 aromatic heterocycles. The molecule has 2 aliphatic rings. The second-order valence-electron chi connectivity index (χ2n) is 8.24. The summed E-state index contributed by atoms with van der Waals surface area (Å²) >= 11 is 0. The highest BCUT2D eigenvalue weighted by molar-refractivity contribution is 5.73. The van der Waals surface area contributed by atoms with E-state index >= 15 is 0 Å². The zero-order valence-corrected chi connectivity index (χ0v) is 17.1. The van der Waals surface area contributed by atoms with Crippen LogP contribution in [0.5, 0.6) is 11.5 Å². The Hall–Kier alpha value is -2.55. The maximum atomic E-state index is 12.5. The van der Waals surface area contributed by atoms with E-state index < -0.39 is 18.2 Å². The van der Waals surface area contributed by atoms with Gasteiger partial charge in [-0.25, -0.2) is 0 Å². The summed E-state index contributed by atoms with van der Waals surface area (Å²) in [6, 6.07) is 3.41. The van der Waals surface area contributed by atoms with Crippen molar-refractivity contribution in [3.05, 3.63) is 29.3 Å². The Morgan fingerprint density at radius 1 is 0.968 bits per heavy atom. The number of rotatable bonds is 4. The smallest absolute Gasteiger partial charge is 0.507 e. The molecule has 0 amide bonds. The fourth-order valence-corrected chi connectivity index (χ4v) is 4.52. The van der Waals surface area contributed by atoms with E-state index in [9.17, 15) is 23.4 Å². The number of phenols is 1. The number of phenolic OH excluding ortho intramolecular Hbond substituents is 1. The van der Waals surface area contributed by atoms with Crippen molar-refractivity contribution >= 4 is 5.82 Å². The lowest BCUT2D eigenvalue weighted by molar-refractivity contribution is -0.274. The third kappa shape index (κ3) is 5.03. The fraction of sp³-hybridized carbons (Fsp3) is 0.545. The van der Waals surface area contributed by atoms with E-state index in [2.05, 4.69) is 20.3 Å². The van der Waals surface area contributed by atoms with Gasteiger partial charge in [-0.3, -0.25) is 0 Å². The van der Waals surface area contributed by atoms with Gasteiger partial charge in [0.2, 0.25) is 0 Å². The molecule has 2 atom stereocenters. The zero-order chi connectivity index (χ0) is 22.0. The van der Waals surface area contributed by atoms with Crippen molar-refractivity contribution in [3.8, 4) is 22.8 Å². The van der Waals surface area contributed by atoms with Crippen molar-refractivity contribution in [2.24, 2.45) is 0 Å². The van der Waals surface area contributed by atoms with Crippen LogP contribution in [0.25, 0.3) is 11.3 Å². The predicted molar refractivity (Wildman–Crippen MR) is 109 cm³/mol. The molecule has 0 saturated heterocycles. The lowest BCUT2D eigenvalue weighted by Crippen LogP contribution is -2.37. The first-order valence-electron chi connectivity index (χ1n) is 10.7. The Bertz CT molecular complexity index is 936. The quantitative estimate of drug-likeness (QED) is 0.600. The van der Waals surface area contributed by atoms with Crippen molar-refractivity contribution in [2.45, 2.75) is 76.3 Å². The van der Waals surface area contributed by atoms with Crippen LogP contribution in [0.4, 0.5) is 19.0 Å². The molecule has 2 aromatic rings. The van der Waals surface area contributed by atoms with Crippen molar-refractivity contribution in [1.29, 1.82) is 0 Å². The van der Waals surface area contributed by atoms with Crippen LogP contribution in [0.1, 0.15) is 56.1 Å². The topological polar surface area (TPSA) is 87.5 Å². The number of ether oxygens (including phenoxy) is 1. The van der Waals surface area contributed by atoms with Gasteiger partial charge in [-0.15, -0.1) is 23.4 Å². The molecule has 6 nitrogen and oxygen atoms in total. The minimum Gasteiger partial charge on any atom is -0.507 e. The number of benzene rings is 1. The summed E-state index contributed by atoms with van der Waals surface area (Å²) in [7, 11) is 0. The van der Waals surface area contributed by atoms with E-state index in [0.717, 1.165) is 81.0 Å². The highest BCUT2D eigenvalue weighted by Crippen LogP contribution is 2.39. The predicted octanol–water partition coefficient (Wildman–Crippen LogP) is 4.73. The minimum absolute atomic E-state index is 0.0755. The van der Waals surface area contributed by atoms with E-state index in [1.807, 2.05) is 0 Å². The average Bonchev–Trinajstić information content (AvgIpc) is 2.96. The second kappa shape index (κ2) is 8.90. The van der Waals surface area contributed by atoms with Crippen LogP contribution < -0.4 is 10.1 Å². The van der Waals surface area contributed by atoms with Crippen LogP contribution >= 0.6 is 0 Å². The lowest BCUT2D eigenvalue weighted by Gasteiger charge is -2.29. The lowest BCUT2D eigenvalue weighted by atomic mass is 9.92. The number of fused-ring (bicyclic) bond motifs is 1. The Balaban J connectivity index is 1.69. The van der Waals surface area contributed by atoms with Crippen molar-refractivity contribution in [1.82, 2.24) is 10.2 Å². The number of nitrogens with one attached hydrogen (secondary N) is 1. The SMILES string of the molecule is Oc1cc(OC(F)(F)F)ccc1-c1nnc(N[C@@H]2CCCC[C@H]2O)c2c1CCCCC2. The number of anilines is 1. The van der Waals surface area contributed by atoms with E-state index in [1.54, 1.807) is 0 Å². The van der Waals surface area contributed by atoms with E-state index in [4.69, 9.17) is 0 Å². The molecule has 3 N–H and O–H groups in total. The highest BCUT2D eigenvalue weighted by atomic mass is 19.4. The molecule has 9 heteroatoms. The normalized spacial score (nSPS) is 21.8. The molecular weight excluding hydrogens is 411 g/mol. The number of halogens is 3. The van der Waals surface area contributed by atoms with Gasteiger partial charge >= 0.3 is 6.36 Å². The molecule has 0 aliphatic heterocycles. The molecule has 1 fully saturated rings. The number of hydrogen-bond acceptors (Lipinski definition) is 6. The van der Waals surface area contributed by atoms with Gasteiger partial charge in [-0.2, -0.15) is 0 Å². The molecule has 2 aliphatic carbocycles. The number of aromatic hydroxyl groups is 1. The molecule has 0 bridgehead atoms. The summed E-state index contributed by atoms with van der Waals surface area (Å²) in [6.07, 6.45) is 2.93. The fourth-order valence-electron chi connectivity index (χ4n) is 4.52. The van der Waals surface area contributed by atoms with Crippen molar-refractivity contribution < 1.29 is 28.1 Å². The summed E-state index contributed by atoms with van der Waals surface area (Å²) < 4.78 is 41.3. The molecular formula is C22H26F3N3O3. The van der Waals surface area contributed by atoms with E-state index in [-0.39, 0.29) is 11.8 Å². The Morgan fingerprint density at radius 2 is 1.71 bits per heavy atom. The van der Waals surface area contributed by atoms with Crippen LogP contribution in [0.15, 0.2) is 18.2 Å². The number of aliphatic hydroxyl groups excluding tert-OH is 1. The van der Waals surface area contributed by atoms with Crippen LogP contribution in [0, 0.1) is 0 Å². The third-order valence-electron chi connectivity index (χ3n) is 6.05. The van der Waals surface area contributed by atoms with Crippen LogP contribution in [-0.4, -0.2) is 38.9 Å².